The number of likely N-dealkylation sites (tertiary alicyclic amines) is 1. The van der Waals surface area contributed by atoms with Gasteiger partial charge in [-0.05, 0) is 49.8 Å². The van der Waals surface area contributed by atoms with Crippen LogP contribution in [0.1, 0.15) is 60.0 Å². The average molecular weight is 518 g/mol. The first kappa shape index (κ1) is 23.7. The summed E-state index contributed by atoms with van der Waals surface area (Å²) >= 11 is 0. The minimum Gasteiger partial charge on any atom is -0.449 e. The van der Waals surface area contributed by atoms with Crippen LogP contribution in [-0.2, 0) is 25.3 Å². The molecule has 5 aliphatic rings. The highest BCUT2D eigenvalue weighted by Gasteiger charge is 2.58. The zero-order chi connectivity index (χ0) is 26.1. The van der Waals surface area contributed by atoms with Crippen molar-refractivity contribution in [1.29, 1.82) is 0 Å². The number of halogens is 1. The van der Waals surface area contributed by atoms with E-state index in [1.54, 1.807) is 23.1 Å². The van der Waals surface area contributed by atoms with E-state index in [0.717, 1.165) is 11.3 Å². The van der Waals surface area contributed by atoms with Gasteiger partial charge < -0.3 is 19.4 Å². The van der Waals surface area contributed by atoms with Gasteiger partial charge in [-0.15, -0.1) is 0 Å². The van der Waals surface area contributed by atoms with Crippen molar-refractivity contribution in [3.63, 3.8) is 0 Å². The predicted molar refractivity (Wildman–Crippen MR) is 138 cm³/mol. The van der Waals surface area contributed by atoms with Crippen molar-refractivity contribution in [3.8, 4) is 0 Å². The number of anilines is 1. The lowest BCUT2D eigenvalue weighted by atomic mass is 9.91. The molecule has 2 amide bonds. The van der Waals surface area contributed by atoms with Crippen LogP contribution in [0.15, 0.2) is 42.5 Å². The van der Waals surface area contributed by atoms with Gasteiger partial charge in [-0.25, -0.2) is 9.18 Å². The van der Waals surface area contributed by atoms with Crippen LogP contribution in [0.4, 0.5) is 10.1 Å². The fourth-order valence-electron chi connectivity index (χ4n) is 6.63. The Labute approximate surface area is 221 Å². The molecule has 198 valence electrons. The van der Waals surface area contributed by atoms with Crippen molar-refractivity contribution < 1.29 is 23.5 Å². The van der Waals surface area contributed by atoms with Crippen LogP contribution >= 0.6 is 0 Å². The molecule has 0 bridgehead atoms. The lowest BCUT2D eigenvalue weighted by molar-refractivity contribution is -0.134. The molecule has 1 unspecified atom stereocenters. The first-order valence-electron chi connectivity index (χ1n) is 13.8. The summed E-state index contributed by atoms with van der Waals surface area (Å²) in [5.74, 6) is 0.0410. The summed E-state index contributed by atoms with van der Waals surface area (Å²) in [4.78, 5) is 44.4. The Balaban J connectivity index is 1.04. The van der Waals surface area contributed by atoms with E-state index in [1.165, 1.54) is 12.8 Å². The van der Waals surface area contributed by atoms with Crippen molar-refractivity contribution in [3.05, 3.63) is 65.0 Å². The largest absolute Gasteiger partial charge is 0.449 e. The molecule has 2 saturated carbocycles. The molecule has 2 aliphatic carbocycles. The monoisotopic (exact) mass is 517 g/mol. The van der Waals surface area contributed by atoms with Crippen molar-refractivity contribution in [2.75, 3.05) is 44.2 Å². The molecule has 2 saturated heterocycles. The average Bonchev–Trinajstić information content (AvgIpc) is 3.86. The number of nitrogens with zero attached hydrogens (tertiary/aromatic N) is 3. The third-order valence-electron chi connectivity index (χ3n) is 9.23. The van der Waals surface area contributed by atoms with Crippen LogP contribution in [0.2, 0.25) is 0 Å². The van der Waals surface area contributed by atoms with E-state index >= 15 is 4.39 Å². The number of hydrogen-bond acceptors (Lipinski definition) is 5. The van der Waals surface area contributed by atoms with Crippen LogP contribution in [-0.4, -0.2) is 66.9 Å². The Bertz CT molecular complexity index is 1330. The molecule has 7 rings (SSSR count). The Morgan fingerprint density at radius 2 is 1.68 bits per heavy atom. The Hall–Kier alpha value is -3.42. The SMILES string of the molecule is O=C1OC2(CCN(C(=O)C3(c4ccc(N5CCN(C(=O)CC6CC6)CC5)cc4F)CC3)C2)c2ccccc21. The molecular weight excluding hydrogens is 485 g/mol. The summed E-state index contributed by atoms with van der Waals surface area (Å²) in [7, 11) is 0. The number of esters is 1. The van der Waals surface area contributed by atoms with E-state index in [9.17, 15) is 14.4 Å². The molecule has 3 aliphatic heterocycles. The van der Waals surface area contributed by atoms with Gasteiger partial charge in [0, 0.05) is 62.4 Å². The molecule has 1 atom stereocenters. The number of hydrogen-bond donors (Lipinski definition) is 0. The highest BCUT2D eigenvalue weighted by molar-refractivity contribution is 5.96. The molecule has 0 N–H and O–H groups in total. The number of benzene rings is 2. The normalized spacial score (nSPS) is 25.5. The lowest BCUT2D eigenvalue weighted by Gasteiger charge is -2.36. The van der Waals surface area contributed by atoms with Crippen molar-refractivity contribution in [2.24, 2.45) is 5.92 Å². The maximum atomic E-state index is 15.6. The summed E-state index contributed by atoms with van der Waals surface area (Å²) in [6.45, 7) is 3.44. The van der Waals surface area contributed by atoms with E-state index in [0.29, 0.717) is 82.0 Å². The van der Waals surface area contributed by atoms with Gasteiger partial charge in [0.15, 0.2) is 5.60 Å². The van der Waals surface area contributed by atoms with Gasteiger partial charge in [-0.3, -0.25) is 9.59 Å². The fraction of sp³-hybridized carbons (Fsp3) is 0.500. The maximum absolute atomic E-state index is 15.6. The summed E-state index contributed by atoms with van der Waals surface area (Å²) < 4.78 is 21.4. The van der Waals surface area contributed by atoms with Crippen LogP contribution in [0.5, 0.6) is 0 Å². The van der Waals surface area contributed by atoms with Crippen LogP contribution in [0.3, 0.4) is 0 Å². The summed E-state index contributed by atoms with van der Waals surface area (Å²) in [5.41, 5.74) is 1.01. The standard InChI is InChI=1S/C30H32FN3O4/c31-25-18-21(32-13-15-33(16-14-32)26(35)17-20-5-6-20)7-8-24(25)29(9-10-29)28(37)34-12-11-30(19-34)23-4-2-1-3-22(23)27(36)38-30/h1-4,7-8,18,20H,5-6,9-17,19H2. The molecule has 2 aromatic rings. The minimum atomic E-state index is -0.843. The molecule has 7 nitrogen and oxygen atoms in total. The fourth-order valence-corrected chi connectivity index (χ4v) is 6.63. The second-order valence-corrected chi connectivity index (χ2v) is 11.7. The third kappa shape index (κ3) is 3.79. The number of carbonyl (C=O) groups is 3. The second-order valence-electron chi connectivity index (χ2n) is 11.7. The van der Waals surface area contributed by atoms with Gasteiger partial charge in [0.25, 0.3) is 0 Å². The first-order chi connectivity index (χ1) is 18.4. The smallest absolute Gasteiger partial charge is 0.339 e. The second kappa shape index (κ2) is 8.55. The van der Waals surface area contributed by atoms with Crippen molar-refractivity contribution in [1.82, 2.24) is 9.80 Å². The molecule has 0 aromatic heterocycles. The Morgan fingerprint density at radius 3 is 2.39 bits per heavy atom. The Kier molecular flexibility index (Phi) is 5.33. The van der Waals surface area contributed by atoms with E-state index in [-0.39, 0.29) is 23.6 Å². The van der Waals surface area contributed by atoms with Gasteiger partial charge in [-0.2, -0.15) is 0 Å². The molecule has 1 spiro atoms. The molecule has 2 aromatic carbocycles. The van der Waals surface area contributed by atoms with E-state index in [4.69, 9.17) is 4.74 Å². The topological polar surface area (TPSA) is 70.2 Å². The summed E-state index contributed by atoms with van der Waals surface area (Å²) in [5, 5.41) is 0. The maximum Gasteiger partial charge on any atom is 0.339 e. The Morgan fingerprint density at radius 1 is 0.921 bits per heavy atom. The highest BCUT2D eigenvalue weighted by atomic mass is 19.1. The predicted octanol–water partition coefficient (Wildman–Crippen LogP) is 3.60. The number of ether oxygens (including phenoxy) is 1. The summed E-state index contributed by atoms with van der Waals surface area (Å²) in [6.07, 6.45) is 4.77. The third-order valence-corrected chi connectivity index (χ3v) is 9.23. The summed E-state index contributed by atoms with van der Waals surface area (Å²) in [6, 6.07) is 12.6. The highest BCUT2D eigenvalue weighted by Crippen LogP contribution is 2.53. The van der Waals surface area contributed by atoms with Gasteiger partial charge >= 0.3 is 5.97 Å². The zero-order valence-electron chi connectivity index (χ0n) is 21.5. The quantitative estimate of drug-likeness (QED) is 0.567. The van der Waals surface area contributed by atoms with Crippen molar-refractivity contribution >= 4 is 23.5 Å². The first-order valence-corrected chi connectivity index (χ1v) is 13.8. The van der Waals surface area contributed by atoms with Crippen LogP contribution in [0.25, 0.3) is 0 Å². The van der Waals surface area contributed by atoms with E-state index < -0.39 is 11.0 Å². The van der Waals surface area contributed by atoms with Gasteiger partial charge in [0.05, 0.1) is 17.5 Å². The van der Waals surface area contributed by atoms with Gasteiger partial charge in [0.1, 0.15) is 5.82 Å². The number of amides is 2. The minimum absolute atomic E-state index is 0.0794. The molecule has 8 heteroatoms. The van der Waals surface area contributed by atoms with Gasteiger partial charge in [-0.1, -0.05) is 24.3 Å². The molecule has 4 fully saturated rings. The van der Waals surface area contributed by atoms with Crippen molar-refractivity contribution in [2.45, 2.75) is 49.5 Å². The van der Waals surface area contributed by atoms with E-state index in [1.807, 2.05) is 29.2 Å². The lowest BCUT2D eigenvalue weighted by Crippen LogP contribution is -2.49. The molecule has 0 radical (unpaired) electrons. The number of carbonyl (C=O) groups excluding carboxylic acids is 3. The van der Waals surface area contributed by atoms with Crippen LogP contribution < -0.4 is 4.90 Å². The molecular formula is C30H32FN3O4. The zero-order valence-corrected chi connectivity index (χ0v) is 21.5. The van der Waals surface area contributed by atoms with Crippen LogP contribution in [0, 0.1) is 11.7 Å². The van der Waals surface area contributed by atoms with Gasteiger partial charge in [0.2, 0.25) is 11.8 Å². The van der Waals surface area contributed by atoms with E-state index in [2.05, 4.69) is 4.90 Å². The molecule has 3 heterocycles. The number of piperazine rings is 1. The molecule has 38 heavy (non-hydrogen) atoms. The number of rotatable bonds is 5. The number of fused-ring (bicyclic) bond motifs is 2.